The minimum atomic E-state index is -2.83. The van der Waals surface area contributed by atoms with Gasteiger partial charge in [-0.2, -0.15) is 5.10 Å². The van der Waals surface area contributed by atoms with Crippen LogP contribution < -0.4 is 5.32 Å². The summed E-state index contributed by atoms with van der Waals surface area (Å²) < 4.78 is 27.8. The number of carboxylic acids is 1. The summed E-state index contributed by atoms with van der Waals surface area (Å²) in [6.45, 7) is 0. The molecule has 1 unspecified atom stereocenters. The van der Waals surface area contributed by atoms with E-state index in [0.29, 0.717) is 5.82 Å². The Balaban J connectivity index is 2.25. The zero-order valence-corrected chi connectivity index (χ0v) is 11.6. The van der Waals surface area contributed by atoms with Gasteiger partial charge in [-0.25, -0.2) is 13.6 Å². The van der Waals surface area contributed by atoms with Crippen LogP contribution in [0.15, 0.2) is 30.7 Å². The van der Waals surface area contributed by atoms with E-state index in [1.54, 1.807) is 36.1 Å². The van der Waals surface area contributed by atoms with E-state index in [9.17, 15) is 18.4 Å². The Morgan fingerprint density at radius 1 is 1.36 bits per heavy atom. The predicted octanol–water partition coefficient (Wildman–Crippen LogP) is 1.05. The van der Waals surface area contributed by atoms with Crippen LogP contribution in [0, 0.1) is 0 Å². The first-order valence-electron chi connectivity index (χ1n) is 6.37. The second kappa shape index (κ2) is 6.37. The molecule has 2 heterocycles. The van der Waals surface area contributed by atoms with E-state index in [-0.39, 0.29) is 5.56 Å². The molecule has 22 heavy (non-hydrogen) atoms. The summed E-state index contributed by atoms with van der Waals surface area (Å²) in [7, 11) is 1.61. The number of carbonyl (C=O) groups excluding carboxylic acids is 1. The second-order valence-electron chi connectivity index (χ2n) is 4.59. The molecule has 0 aliphatic rings. The third-order valence-corrected chi connectivity index (χ3v) is 3.02. The number of carboxylic acid groups (broad SMARTS) is 1. The Labute approximate surface area is 124 Å². The van der Waals surface area contributed by atoms with Crippen LogP contribution in [0.25, 0.3) is 5.82 Å². The van der Waals surface area contributed by atoms with Crippen LogP contribution in [0.2, 0.25) is 0 Å². The van der Waals surface area contributed by atoms with E-state index in [2.05, 4.69) is 10.4 Å². The number of aromatic nitrogens is 3. The van der Waals surface area contributed by atoms with Gasteiger partial charge in [0.15, 0.2) is 0 Å². The van der Waals surface area contributed by atoms with Gasteiger partial charge in [0.05, 0.1) is 6.20 Å². The number of halogens is 2. The van der Waals surface area contributed by atoms with Crippen molar-refractivity contribution in [2.24, 2.45) is 7.05 Å². The number of aryl methyl sites for hydroxylation is 1. The largest absolute Gasteiger partial charge is 0.480 e. The van der Waals surface area contributed by atoms with E-state index in [1.807, 2.05) is 0 Å². The molecule has 2 aromatic heterocycles. The summed E-state index contributed by atoms with van der Waals surface area (Å²) in [4.78, 5) is 23.1. The van der Waals surface area contributed by atoms with Crippen LogP contribution in [0.3, 0.4) is 0 Å². The lowest BCUT2D eigenvalue weighted by Crippen LogP contribution is -2.42. The number of nitrogens with one attached hydrogen (secondary N) is 1. The van der Waals surface area contributed by atoms with Gasteiger partial charge < -0.3 is 15.0 Å². The van der Waals surface area contributed by atoms with E-state index >= 15 is 0 Å². The monoisotopic (exact) mass is 312 g/mol. The Morgan fingerprint density at radius 3 is 2.55 bits per heavy atom. The van der Waals surface area contributed by atoms with Crippen LogP contribution in [0.4, 0.5) is 8.78 Å². The minimum Gasteiger partial charge on any atom is -0.480 e. The fourth-order valence-electron chi connectivity index (χ4n) is 2.01. The average molecular weight is 312 g/mol. The molecule has 0 radical (unpaired) electrons. The first-order chi connectivity index (χ1) is 10.4. The molecule has 0 aromatic carbocycles. The van der Waals surface area contributed by atoms with Crippen molar-refractivity contribution in [3.63, 3.8) is 0 Å². The summed E-state index contributed by atoms with van der Waals surface area (Å²) in [5.41, 5.74) is 0.0965. The van der Waals surface area contributed by atoms with Crippen LogP contribution in [-0.2, 0) is 11.8 Å². The summed E-state index contributed by atoms with van der Waals surface area (Å²) >= 11 is 0. The lowest BCUT2D eigenvalue weighted by atomic mass is 10.2. The standard InChI is InChI=1S/C13H14F2N4O3/c1-18-12(19-4-2-3-5-19)8(7-16-18)11(20)17-9(13(21)22)6-10(14)15/h2-5,7,9-10H,6H2,1H3,(H,17,20)(H,21,22). The summed E-state index contributed by atoms with van der Waals surface area (Å²) in [5.74, 6) is -1.88. The molecule has 0 saturated heterocycles. The van der Waals surface area contributed by atoms with Crippen molar-refractivity contribution >= 4 is 11.9 Å². The number of aliphatic carboxylic acids is 1. The molecule has 1 amide bonds. The van der Waals surface area contributed by atoms with Crippen molar-refractivity contribution in [3.05, 3.63) is 36.3 Å². The maximum absolute atomic E-state index is 12.4. The Hall–Kier alpha value is -2.71. The van der Waals surface area contributed by atoms with E-state index in [4.69, 9.17) is 5.11 Å². The molecule has 2 aromatic rings. The molecule has 7 nitrogen and oxygen atoms in total. The molecule has 1 atom stereocenters. The van der Waals surface area contributed by atoms with Gasteiger partial charge in [0.1, 0.15) is 17.4 Å². The lowest BCUT2D eigenvalue weighted by Gasteiger charge is -2.14. The zero-order chi connectivity index (χ0) is 16.3. The van der Waals surface area contributed by atoms with Crippen LogP contribution in [0.5, 0.6) is 0 Å². The molecule has 0 saturated carbocycles. The van der Waals surface area contributed by atoms with Crippen LogP contribution in [0.1, 0.15) is 16.8 Å². The third-order valence-electron chi connectivity index (χ3n) is 3.02. The van der Waals surface area contributed by atoms with Gasteiger partial charge in [-0.3, -0.25) is 9.48 Å². The zero-order valence-electron chi connectivity index (χ0n) is 11.6. The van der Waals surface area contributed by atoms with Gasteiger partial charge in [-0.05, 0) is 12.1 Å². The first kappa shape index (κ1) is 15.7. The van der Waals surface area contributed by atoms with Gasteiger partial charge in [-0.15, -0.1) is 0 Å². The topological polar surface area (TPSA) is 89.2 Å². The lowest BCUT2D eigenvalue weighted by molar-refractivity contribution is -0.140. The highest BCUT2D eigenvalue weighted by Gasteiger charge is 2.26. The van der Waals surface area contributed by atoms with E-state index in [0.717, 1.165) is 0 Å². The molecule has 0 spiro atoms. The predicted molar refractivity (Wildman–Crippen MR) is 72.0 cm³/mol. The number of hydrogen-bond acceptors (Lipinski definition) is 3. The molecule has 2 N–H and O–H groups in total. The smallest absolute Gasteiger partial charge is 0.326 e. The number of nitrogens with zero attached hydrogens (tertiary/aromatic N) is 3. The summed E-state index contributed by atoms with van der Waals surface area (Å²) in [5, 5.41) is 14.9. The fraction of sp³-hybridized carbons (Fsp3) is 0.308. The Morgan fingerprint density at radius 2 is 2.00 bits per heavy atom. The maximum Gasteiger partial charge on any atom is 0.326 e. The number of amides is 1. The molecule has 9 heteroatoms. The van der Waals surface area contributed by atoms with Crippen molar-refractivity contribution in [2.75, 3.05) is 0 Å². The molecule has 0 aliphatic carbocycles. The van der Waals surface area contributed by atoms with Gasteiger partial charge in [0.25, 0.3) is 5.91 Å². The van der Waals surface area contributed by atoms with Crippen molar-refractivity contribution in [2.45, 2.75) is 18.9 Å². The molecular formula is C13H14F2N4O3. The fourth-order valence-corrected chi connectivity index (χ4v) is 2.01. The summed E-state index contributed by atoms with van der Waals surface area (Å²) in [6, 6.07) is 1.82. The molecular weight excluding hydrogens is 298 g/mol. The maximum atomic E-state index is 12.4. The number of hydrogen-bond donors (Lipinski definition) is 2. The third kappa shape index (κ3) is 3.30. The molecule has 2 rings (SSSR count). The number of rotatable bonds is 6. The summed E-state index contributed by atoms with van der Waals surface area (Å²) in [6.07, 6.45) is 0.828. The molecule has 0 bridgehead atoms. The Bertz CT molecular complexity index is 667. The van der Waals surface area contributed by atoms with Crippen LogP contribution in [-0.4, -0.2) is 43.8 Å². The quantitative estimate of drug-likeness (QED) is 0.834. The average Bonchev–Trinajstić information content (AvgIpc) is 3.05. The van der Waals surface area contributed by atoms with Crippen molar-refractivity contribution in [3.8, 4) is 5.82 Å². The number of alkyl halides is 2. The van der Waals surface area contributed by atoms with Gasteiger partial charge >= 0.3 is 5.97 Å². The van der Waals surface area contributed by atoms with Crippen molar-refractivity contribution < 1.29 is 23.5 Å². The van der Waals surface area contributed by atoms with Gasteiger partial charge in [0, 0.05) is 25.9 Å². The molecule has 0 aliphatic heterocycles. The van der Waals surface area contributed by atoms with Crippen LogP contribution >= 0.6 is 0 Å². The van der Waals surface area contributed by atoms with Gasteiger partial charge in [0.2, 0.25) is 6.43 Å². The van der Waals surface area contributed by atoms with E-state index in [1.165, 1.54) is 10.9 Å². The Kier molecular flexibility index (Phi) is 4.54. The molecule has 0 fully saturated rings. The first-order valence-corrected chi connectivity index (χ1v) is 6.37. The highest BCUT2D eigenvalue weighted by Crippen LogP contribution is 2.14. The highest BCUT2D eigenvalue weighted by molar-refractivity contribution is 5.99. The molecule has 118 valence electrons. The second-order valence-corrected chi connectivity index (χ2v) is 4.59. The van der Waals surface area contributed by atoms with Crippen molar-refractivity contribution in [1.82, 2.24) is 19.7 Å². The minimum absolute atomic E-state index is 0.0965. The SMILES string of the molecule is Cn1ncc(C(=O)NC(CC(F)F)C(=O)O)c1-n1cccc1. The highest BCUT2D eigenvalue weighted by atomic mass is 19.3. The van der Waals surface area contributed by atoms with Gasteiger partial charge in [-0.1, -0.05) is 0 Å². The van der Waals surface area contributed by atoms with E-state index < -0.39 is 30.8 Å². The number of carbonyl (C=O) groups is 2. The normalized spacial score (nSPS) is 12.4. The van der Waals surface area contributed by atoms with Crippen molar-refractivity contribution in [1.29, 1.82) is 0 Å².